The topological polar surface area (TPSA) is 34.4 Å². The van der Waals surface area contributed by atoms with Crippen molar-refractivity contribution in [3.05, 3.63) is 24.0 Å². The smallest absolute Gasteiger partial charge is 0.265 e. The van der Waals surface area contributed by atoms with Crippen molar-refractivity contribution in [3.8, 4) is 0 Å². The molecule has 0 fully saturated rings. The normalized spacial score (nSPS) is 15.4. The molecule has 1 aliphatic heterocycles. The Morgan fingerprint density at radius 1 is 1.60 bits per heavy atom. The van der Waals surface area contributed by atoms with E-state index in [4.69, 9.17) is 0 Å². The molecule has 0 bridgehead atoms. The zero-order valence-corrected chi connectivity index (χ0v) is 5.32. The minimum absolute atomic E-state index is 0.0799. The maximum absolute atomic E-state index is 10.7. The molecule has 2 rings (SSSR count). The van der Waals surface area contributed by atoms with Gasteiger partial charge in [-0.15, -0.1) is 0 Å². The molecular formula is C7H6N2O. The molecule has 1 aromatic rings. The van der Waals surface area contributed by atoms with Crippen molar-refractivity contribution in [1.82, 2.24) is 4.57 Å². The van der Waals surface area contributed by atoms with Gasteiger partial charge in [0, 0.05) is 6.20 Å². The van der Waals surface area contributed by atoms with Crippen LogP contribution in [0.3, 0.4) is 0 Å². The molecule has 1 amide bonds. The van der Waals surface area contributed by atoms with Gasteiger partial charge < -0.3 is 4.57 Å². The second-order valence-corrected chi connectivity index (χ2v) is 2.21. The molecule has 1 aromatic heterocycles. The van der Waals surface area contributed by atoms with E-state index < -0.39 is 0 Å². The molecule has 1 aliphatic rings. The fourth-order valence-electron chi connectivity index (χ4n) is 1.01. The molecule has 2 heterocycles. The first kappa shape index (κ1) is 5.41. The molecule has 0 saturated carbocycles. The summed E-state index contributed by atoms with van der Waals surface area (Å²) in [7, 11) is 0. The van der Waals surface area contributed by atoms with Crippen molar-refractivity contribution in [2.24, 2.45) is 4.99 Å². The van der Waals surface area contributed by atoms with Crippen molar-refractivity contribution < 1.29 is 4.79 Å². The van der Waals surface area contributed by atoms with Gasteiger partial charge in [-0.3, -0.25) is 4.79 Å². The van der Waals surface area contributed by atoms with Gasteiger partial charge in [-0.25, -0.2) is 4.99 Å². The predicted molar refractivity (Wildman–Crippen MR) is 37.0 cm³/mol. The molecule has 0 aromatic carbocycles. The Hall–Kier alpha value is -1.38. The predicted octanol–water partition coefficient (Wildman–Crippen LogP) is 0.447. The van der Waals surface area contributed by atoms with E-state index in [1.807, 2.05) is 22.9 Å². The maximum Gasteiger partial charge on any atom is 0.265 e. The standard InChI is InChI=1S/C7H6N2O/c10-7-5-9-3-1-2-6(9)4-8-7/h1-4H,5H2. The molecule has 10 heavy (non-hydrogen) atoms. The Morgan fingerprint density at radius 2 is 2.50 bits per heavy atom. The lowest BCUT2D eigenvalue weighted by molar-refractivity contribution is -0.118. The SMILES string of the molecule is O=C1Cn2cccc2C=N1. The lowest BCUT2D eigenvalue weighted by Crippen LogP contribution is -2.14. The molecule has 0 unspecified atom stereocenters. The summed E-state index contributed by atoms with van der Waals surface area (Å²) in [6, 6.07) is 3.83. The summed E-state index contributed by atoms with van der Waals surface area (Å²) in [5, 5.41) is 0. The van der Waals surface area contributed by atoms with Gasteiger partial charge in [0.15, 0.2) is 0 Å². The molecule has 50 valence electrons. The Labute approximate surface area is 58.0 Å². The quantitative estimate of drug-likeness (QED) is 0.507. The van der Waals surface area contributed by atoms with Crippen LogP contribution >= 0.6 is 0 Å². The third-order valence-corrected chi connectivity index (χ3v) is 1.51. The fraction of sp³-hybridized carbons (Fsp3) is 0.143. The monoisotopic (exact) mass is 134 g/mol. The lowest BCUT2D eigenvalue weighted by atomic mass is 10.4. The van der Waals surface area contributed by atoms with Crippen molar-refractivity contribution in [1.29, 1.82) is 0 Å². The van der Waals surface area contributed by atoms with Crippen LogP contribution in [0, 0.1) is 0 Å². The van der Waals surface area contributed by atoms with E-state index in [1.54, 1.807) is 6.21 Å². The fourth-order valence-corrected chi connectivity index (χ4v) is 1.01. The van der Waals surface area contributed by atoms with E-state index in [2.05, 4.69) is 4.99 Å². The van der Waals surface area contributed by atoms with Crippen LogP contribution in [0.2, 0.25) is 0 Å². The Kier molecular flexibility index (Phi) is 0.974. The largest absolute Gasteiger partial charge is 0.337 e. The van der Waals surface area contributed by atoms with Crippen LogP contribution in [0.15, 0.2) is 23.3 Å². The van der Waals surface area contributed by atoms with Gasteiger partial charge in [-0.05, 0) is 12.1 Å². The summed E-state index contributed by atoms with van der Waals surface area (Å²) in [6.07, 6.45) is 3.46. The average molecular weight is 134 g/mol. The third kappa shape index (κ3) is 0.673. The highest BCUT2D eigenvalue weighted by Crippen LogP contribution is 2.03. The van der Waals surface area contributed by atoms with E-state index in [0.717, 1.165) is 5.69 Å². The van der Waals surface area contributed by atoms with Crippen LogP contribution in [-0.2, 0) is 11.3 Å². The van der Waals surface area contributed by atoms with Crippen LogP contribution in [0.1, 0.15) is 5.69 Å². The number of aliphatic imine (C=N–C) groups is 1. The highest BCUT2D eigenvalue weighted by atomic mass is 16.1. The maximum atomic E-state index is 10.7. The molecule has 0 aliphatic carbocycles. The van der Waals surface area contributed by atoms with Crippen molar-refractivity contribution in [3.63, 3.8) is 0 Å². The second-order valence-electron chi connectivity index (χ2n) is 2.21. The van der Waals surface area contributed by atoms with Crippen LogP contribution < -0.4 is 0 Å². The van der Waals surface area contributed by atoms with Gasteiger partial charge in [0.1, 0.15) is 6.54 Å². The Morgan fingerprint density at radius 3 is 3.40 bits per heavy atom. The minimum Gasteiger partial charge on any atom is -0.337 e. The summed E-state index contributed by atoms with van der Waals surface area (Å²) in [5.41, 5.74) is 1.000. The zero-order valence-electron chi connectivity index (χ0n) is 5.32. The van der Waals surface area contributed by atoms with Gasteiger partial charge in [0.2, 0.25) is 0 Å². The Bertz CT molecular complexity index is 298. The molecular weight excluding hydrogens is 128 g/mol. The van der Waals surface area contributed by atoms with Crippen LogP contribution in [0.25, 0.3) is 0 Å². The highest BCUT2D eigenvalue weighted by Gasteiger charge is 2.07. The minimum atomic E-state index is -0.0799. The van der Waals surface area contributed by atoms with Gasteiger partial charge >= 0.3 is 0 Å². The van der Waals surface area contributed by atoms with Crippen molar-refractivity contribution >= 4 is 12.1 Å². The summed E-state index contributed by atoms with van der Waals surface area (Å²) >= 11 is 0. The first-order valence-electron chi connectivity index (χ1n) is 3.08. The average Bonchev–Trinajstić information content (AvgIpc) is 2.33. The zero-order chi connectivity index (χ0) is 6.97. The number of carbonyl (C=O) groups excluding carboxylic acids is 1. The van der Waals surface area contributed by atoms with Crippen molar-refractivity contribution in [2.45, 2.75) is 6.54 Å². The van der Waals surface area contributed by atoms with E-state index in [9.17, 15) is 4.79 Å². The number of fused-ring (bicyclic) bond motifs is 1. The van der Waals surface area contributed by atoms with E-state index >= 15 is 0 Å². The lowest BCUT2D eigenvalue weighted by Gasteiger charge is -2.06. The van der Waals surface area contributed by atoms with Crippen LogP contribution in [0.5, 0.6) is 0 Å². The summed E-state index contributed by atoms with van der Waals surface area (Å²) < 4.78 is 1.87. The first-order chi connectivity index (χ1) is 4.86. The molecule has 0 N–H and O–H groups in total. The number of amides is 1. The molecule has 0 atom stereocenters. The molecule has 0 saturated heterocycles. The number of nitrogens with zero attached hydrogens (tertiary/aromatic N) is 2. The third-order valence-electron chi connectivity index (χ3n) is 1.51. The number of carbonyl (C=O) groups is 1. The second kappa shape index (κ2) is 1.80. The molecule has 0 radical (unpaired) electrons. The van der Waals surface area contributed by atoms with Crippen molar-refractivity contribution in [2.75, 3.05) is 0 Å². The number of aromatic nitrogens is 1. The van der Waals surface area contributed by atoms with E-state index in [-0.39, 0.29) is 5.91 Å². The van der Waals surface area contributed by atoms with E-state index in [0.29, 0.717) is 6.54 Å². The number of rotatable bonds is 0. The highest BCUT2D eigenvalue weighted by molar-refractivity contribution is 5.93. The molecule has 3 heteroatoms. The summed E-state index contributed by atoms with van der Waals surface area (Å²) in [6.45, 7) is 0.388. The molecule has 0 spiro atoms. The van der Waals surface area contributed by atoms with Crippen LogP contribution in [0.4, 0.5) is 0 Å². The summed E-state index contributed by atoms with van der Waals surface area (Å²) in [4.78, 5) is 14.4. The van der Waals surface area contributed by atoms with Gasteiger partial charge in [-0.2, -0.15) is 0 Å². The Balaban J connectivity index is 2.52. The first-order valence-corrected chi connectivity index (χ1v) is 3.08. The molecule has 3 nitrogen and oxygen atoms in total. The number of hydrogen-bond donors (Lipinski definition) is 0. The summed E-state index contributed by atoms with van der Waals surface area (Å²) in [5.74, 6) is -0.0799. The van der Waals surface area contributed by atoms with Gasteiger partial charge in [-0.1, -0.05) is 0 Å². The van der Waals surface area contributed by atoms with Gasteiger partial charge in [0.05, 0.1) is 11.9 Å². The van der Waals surface area contributed by atoms with Gasteiger partial charge in [0.25, 0.3) is 5.91 Å². The van der Waals surface area contributed by atoms with Crippen LogP contribution in [-0.4, -0.2) is 16.7 Å². The number of hydrogen-bond acceptors (Lipinski definition) is 1. The van der Waals surface area contributed by atoms with E-state index in [1.165, 1.54) is 0 Å².